The van der Waals surface area contributed by atoms with Crippen molar-refractivity contribution in [1.82, 2.24) is 14.7 Å². The zero-order valence-electron chi connectivity index (χ0n) is 18.8. The number of urea groups is 1. The smallest absolute Gasteiger partial charge is 0.332 e. The fourth-order valence-corrected chi connectivity index (χ4v) is 5.38. The molecule has 0 aliphatic carbocycles. The zero-order valence-corrected chi connectivity index (χ0v) is 20.4. The number of hydrogen-bond donors (Lipinski definition) is 5. The standard InChI is InChI=1S/C20H28N6O4S2/c1-10(2)13-7-12(8-21)23-15(11(3)4)16(13)25-19(28)26-32(22,30)17-14(9-27)24-18(31-17)20(5,6)29/h7,10-11,27,29H,9H2,1-6H3,(H3,22,25,26,28,30). The van der Waals surface area contributed by atoms with Gasteiger partial charge in [-0.15, -0.1) is 11.3 Å². The summed E-state index contributed by atoms with van der Waals surface area (Å²) in [5.41, 5.74) is 0.396. The largest absolute Gasteiger partial charge is 0.390 e. The van der Waals surface area contributed by atoms with Crippen LogP contribution in [0.5, 0.6) is 0 Å². The molecule has 12 heteroatoms. The Morgan fingerprint density at radius 1 is 1.31 bits per heavy atom. The molecule has 174 valence electrons. The highest BCUT2D eigenvalue weighted by Crippen LogP contribution is 2.33. The van der Waals surface area contributed by atoms with Crippen molar-refractivity contribution in [3.8, 4) is 6.07 Å². The summed E-state index contributed by atoms with van der Waals surface area (Å²) < 4.78 is 23.3. The van der Waals surface area contributed by atoms with Gasteiger partial charge in [-0.3, -0.25) is 0 Å². The molecule has 5 N–H and O–H groups in total. The van der Waals surface area contributed by atoms with Gasteiger partial charge in [-0.1, -0.05) is 27.7 Å². The second-order valence-electron chi connectivity index (χ2n) is 8.36. The van der Waals surface area contributed by atoms with E-state index in [1.54, 1.807) is 6.07 Å². The molecule has 10 nitrogen and oxygen atoms in total. The van der Waals surface area contributed by atoms with E-state index >= 15 is 0 Å². The molecule has 2 rings (SSSR count). The van der Waals surface area contributed by atoms with Gasteiger partial charge in [0.15, 0.2) is 9.92 Å². The minimum atomic E-state index is -3.89. The monoisotopic (exact) mass is 480 g/mol. The van der Waals surface area contributed by atoms with E-state index in [1.807, 2.05) is 33.8 Å². The molecule has 0 saturated carbocycles. The molecule has 0 aromatic carbocycles. The van der Waals surface area contributed by atoms with Crippen molar-refractivity contribution in [3.05, 3.63) is 33.7 Å². The number of hydrogen-bond acceptors (Lipinski definition) is 9. The lowest BCUT2D eigenvalue weighted by Crippen LogP contribution is -2.34. The van der Waals surface area contributed by atoms with E-state index in [0.717, 1.165) is 11.3 Å². The molecule has 2 aromatic heterocycles. The summed E-state index contributed by atoms with van der Waals surface area (Å²) >= 11 is 0.792. The van der Waals surface area contributed by atoms with Crippen LogP contribution in [0, 0.1) is 16.1 Å². The minimum absolute atomic E-state index is 0.0433. The third kappa shape index (κ3) is 5.60. The van der Waals surface area contributed by atoms with E-state index in [1.165, 1.54) is 13.8 Å². The molecule has 0 fully saturated rings. The minimum Gasteiger partial charge on any atom is -0.390 e. The van der Waals surface area contributed by atoms with Crippen LogP contribution in [0.2, 0.25) is 0 Å². The van der Waals surface area contributed by atoms with Crippen molar-refractivity contribution >= 4 is 33.0 Å². The Balaban J connectivity index is 2.43. The number of anilines is 1. The zero-order chi connectivity index (χ0) is 24.4. The first kappa shape index (κ1) is 25.7. The van der Waals surface area contributed by atoms with Gasteiger partial charge in [0, 0.05) is 0 Å². The molecule has 0 radical (unpaired) electrons. The number of aliphatic hydroxyl groups excluding tert-OH is 1. The molecule has 0 saturated heterocycles. The lowest BCUT2D eigenvalue weighted by molar-refractivity contribution is 0.0779. The molecule has 2 aromatic rings. The molecule has 2 amide bonds. The van der Waals surface area contributed by atoms with Gasteiger partial charge >= 0.3 is 6.03 Å². The summed E-state index contributed by atoms with van der Waals surface area (Å²) in [6.45, 7) is 9.89. The maximum absolute atomic E-state index is 13.1. The number of thiazole rings is 1. The molecule has 1 atom stereocenters. The summed E-state index contributed by atoms with van der Waals surface area (Å²) in [6, 6.07) is 2.71. The maximum atomic E-state index is 13.1. The van der Waals surface area contributed by atoms with E-state index in [-0.39, 0.29) is 32.4 Å². The number of rotatable bonds is 7. The van der Waals surface area contributed by atoms with Gasteiger partial charge in [0.2, 0.25) is 0 Å². The fourth-order valence-electron chi connectivity index (χ4n) is 2.89. The summed E-state index contributed by atoms with van der Waals surface area (Å²) in [7, 11) is -3.89. The maximum Gasteiger partial charge on any atom is 0.332 e. The second kappa shape index (κ2) is 9.50. The lowest BCUT2D eigenvalue weighted by atomic mass is 9.96. The van der Waals surface area contributed by atoms with Crippen molar-refractivity contribution < 1.29 is 19.2 Å². The Morgan fingerprint density at radius 2 is 1.94 bits per heavy atom. The Bertz CT molecular complexity index is 1130. The number of carbonyl (C=O) groups excluding carboxylic acids is 1. The van der Waals surface area contributed by atoms with E-state index < -0.39 is 28.2 Å². The highest BCUT2D eigenvalue weighted by Gasteiger charge is 2.29. The summed E-state index contributed by atoms with van der Waals surface area (Å²) in [4.78, 5) is 21.1. The van der Waals surface area contributed by atoms with Gasteiger partial charge < -0.3 is 15.5 Å². The van der Waals surface area contributed by atoms with Gasteiger partial charge in [0.05, 0.1) is 23.7 Å². The second-order valence-corrected chi connectivity index (χ2v) is 11.3. The number of nitrogens with zero attached hydrogens (tertiary/aromatic N) is 3. The highest BCUT2D eigenvalue weighted by molar-refractivity contribution is 7.93. The molecule has 0 aliphatic heterocycles. The lowest BCUT2D eigenvalue weighted by Gasteiger charge is -2.20. The number of nitrogens with one attached hydrogen (secondary N) is 3. The molecular weight excluding hydrogens is 452 g/mol. The van der Waals surface area contributed by atoms with E-state index in [9.17, 15) is 24.5 Å². The average Bonchev–Trinajstić information content (AvgIpc) is 3.13. The first-order valence-corrected chi connectivity index (χ1v) is 12.2. The molecule has 1 unspecified atom stereocenters. The van der Waals surface area contributed by atoms with E-state index in [0.29, 0.717) is 16.9 Å². The number of amides is 2. The van der Waals surface area contributed by atoms with Crippen molar-refractivity contribution in [2.75, 3.05) is 5.32 Å². The van der Waals surface area contributed by atoms with Crippen LogP contribution in [0.25, 0.3) is 0 Å². The van der Waals surface area contributed by atoms with Crippen molar-refractivity contribution in [1.29, 1.82) is 10.0 Å². The molecule has 32 heavy (non-hydrogen) atoms. The molecule has 0 aliphatic rings. The first-order chi connectivity index (χ1) is 14.7. The Hall–Kier alpha value is -2.59. The predicted molar refractivity (Wildman–Crippen MR) is 122 cm³/mol. The highest BCUT2D eigenvalue weighted by atomic mass is 32.2. The van der Waals surface area contributed by atoms with Gasteiger partial charge in [-0.05, 0) is 37.3 Å². The normalized spacial score (nSPS) is 13.7. The summed E-state index contributed by atoms with van der Waals surface area (Å²) in [5, 5.41) is 31.8. The number of pyridine rings is 1. The number of nitriles is 1. The van der Waals surface area contributed by atoms with Gasteiger partial charge in [0.25, 0.3) is 0 Å². The van der Waals surface area contributed by atoms with Gasteiger partial charge in [-0.25, -0.2) is 28.5 Å². The average molecular weight is 481 g/mol. The van der Waals surface area contributed by atoms with Crippen LogP contribution in [0.3, 0.4) is 0 Å². The van der Waals surface area contributed by atoms with Crippen LogP contribution in [0.15, 0.2) is 10.3 Å². The van der Waals surface area contributed by atoms with Crippen LogP contribution < -0.4 is 10.0 Å². The van der Waals surface area contributed by atoms with Crippen LogP contribution in [0.4, 0.5) is 10.5 Å². The number of carbonyl (C=O) groups is 1. The fraction of sp³-hybridized carbons (Fsp3) is 0.500. The summed E-state index contributed by atoms with van der Waals surface area (Å²) in [6.07, 6.45) is 0. The predicted octanol–water partition coefficient (Wildman–Crippen LogP) is 3.52. The Kier molecular flexibility index (Phi) is 7.62. The summed E-state index contributed by atoms with van der Waals surface area (Å²) in [5.74, 6) is -0.164. The van der Waals surface area contributed by atoms with Crippen molar-refractivity contribution in [2.45, 2.75) is 69.8 Å². The third-order valence-corrected chi connectivity index (χ3v) is 7.82. The molecule has 0 bridgehead atoms. The van der Waals surface area contributed by atoms with E-state index in [4.69, 9.17) is 4.78 Å². The molecular formula is C20H28N6O4S2. The van der Waals surface area contributed by atoms with Crippen molar-refractivity contribution in [2.24, 2.45) is 0 Å². The molecule has 2 heterocycles. The Morgan fingerprint density at radius 3 is 2.41 bits per heavy atom. The van der Waals surface area contributed by atoms with Crippen LogP contribution in [-0.4, -0.2) is 30.4 Å². The number of aromatic nitrogens is 2. The van der Waals surface area contributed by atoms with Crippen LogP contribution in [-0.2, 0) is 22.1 Å². The third-order valence-electron chi connectivity index (χ3n) is 4.43. The first-order valence-electron chi connectivity index (χ1n) is 9.87. The van der Waals surface area contributed by atoms with Gasteiger partial charge in [-0.2, -0.15) is 5.26 Å². The Labute approximate surface area is 191 Å². The topological polar surface area (TPSA) is 172 Å². The quantitative estimate of drug-likeness (QED) is 0.403. The van der Waals surface area contributed by atoms with Crippen LogP contribution >= 0.6 is 11.3 Å². The van der Waals surface area contributed by atoms with Crippen molar-refractivity contribution in [3.63, 3.8) is 0 Å². The van der Waals surface area contributed by atoms with Gasteiger partial charge in [0.1, 0.15) is 26.6 Å². The van der Waals surface area contributed by atoms with E-state index in [2.05, 4.69) is 20.0 Å². The number of aliphatic hydroxyl groups is 2. The SMILES string of the molecule is CC(C)c1cc(C#N)nc(C(C)C)c1NC(=O)NS(=N)(=O)c1sc(C(C)(C)O)nc1CO. The van der Waals surface area contributed by atoms with Crippen LogP contribution in [0.1, 0.15) is 81.0 Å². The molecule has 0 spiro atoms.